The highest BCUT2D eigenvalue weighted by Crippen LogP contribution is 2.19. The van der Waals surface area contributed by atoms with Crippen molar-refractivity contribution in [3.05, 3.63) is 54.6 Å². The van der Waals surface area contributed by atoms with Gasteiger partial charge >= 0.3 is 0 Å². The first kappa shape index (κ1) is 15.2. The van der Waals surface area contributed by atoms with E-state index < -0.39 is 0 Å². The minimum atomic E-state index is 0.822. The van der Waals surface area contributed by atoms with E-state index in [1.807, 2.05) is 42.5 Å². The van der Waals surface area contributed by atoms with Gasteiger partial charge in [0.05, 0.1) is 7.11 Å². The van der Waals surface area contributed by atoms with Gasteiger partial charge in [-0.25, -0.2) is 0 Å². The summed E-state index contributed by atoms with van der Waals surface area (Å²) in [6.45, 7) is 4.33. The average Bonchev–Trinajstić information content (AvgIpc) is 2.57. The first-order chi connectivity index (χ1) is 10.3. The number of nitrogens with one attached hydrogen (secondary N) is 1. The highest BCUT2D eigenvalue weighted by atomic mass is 16.5. The number of rotatable bonds is 2. The lowest BCUT2D eigenvalue weighted by Gasteiger charge is -2.29. The van der Waals surface area contributed by atoms with Gasteiger partial charge in [-0.15, -0.1) is 0 Å². The summed E-state index contributed by atoms with van der Waals surface area (Å²) in [7, 11) is 1.69. The molecule has 0 aromatic heterocycles. The van der Waals surface area contributed by atoms with Crippen LogP contribution in [0.1, 0.15) is 0 Å². The summed E-state index contributed by atoms with van der Waals surface area (Å²) in [5.74, 6) is 0.920. The number of hydrogen-bond donors (Lipinski definition) is 2. The maximum atomic E-state index is 5.36. The van der Waals surface area contributed by atoms with Gasteiger partial charge in [-0.2, -0.15) is 0 Å². The van der Waals surface area contributed by atoms with Gasteiger partial charge in [0.15, 0.2) is 0 Å². The molecule has 0 radical (unpaired) electrons. The van der Waals surface area contributed by atoms with E-state index in [2.05, 4.69) is 22.3 Å². The summed E-state index contributed by atoms with van der Waals surface area (Å²) in [5, 5.41) is 3.34. The van der Waals surface area contributed by atoms with E-state index in [0.717, 1.165) is 37.6 Å². The van der Waals surface area contributed by atoms with Gasteiger partial charge in [0.1, 0.15) is 5.75 Å². The molecule has 1 aliphatic heterocycles. The number of nitrogens with zero attached hydrogens (tertiary/aromatic N) is 1. The average molecular weight is 285 g/mol. The molecule has 3 N–H and O–H groups in total. The number of nitrogen functional groups attached to an aromatic ring is 1. The Bertz CT molecular complexity index is 507. The second-order valence-corrected chi connectivity index (χ2v) is 4.85. The molecule has 0 saturated carbocycles. The highest BCUT2D eigenvalue weighted by molar-refractivity contribution is 5.49. The third kappa shape index (κ3) is 5.00. The van der Waals surface area contributed by atoms with Crippen molar-refractivity contribution in [3.63, 3.8) is 0 Å². The molecule has 4 nitrogen and oxygen atoms in total. The van der Waals surface area contributed by atoms with E-state index in [-0.39, 0.29) is 0 Å². The van der Waals surface area contributed by atoms with Crippen LogP contribution in [0.25, 0.3) is 0 Å². The van der Waals surface area contributed by atoms with Crippen molar-refractivity contribution in [2.45, 2.75) is 0 Å². The molecule has 0 unspecified atom stereocenters. The zero-order chi connectivity index (χ0) is 14.9. The molecule has 0 bridgehead atoms. The van der Waals surface area contributed by atoms with E-state index in [0.29, 0.717) is 0 Å². The molecular weight excluding hydrogens is 262 g/mol. The predicted molar refractivity (Wildman–Crippen MR) is 88.9 cm³/mol. The zero-order valence-corrected chi connectivity index (χ0v) is 12.5. The van der Waals surface area contributed by atoms with Crippen LogP contribution in [0.3, 0.4) is 0 Å². The Morgan fingerprint density at radius 1 is 0.952 bits per heavy atom. The third-order valence-corrected chi connectivity index (χ3v) is 3.35. The molecule has 1 aliphatic rings. The molecule has 2 aromatic carbocycles. The van der Waals surface area contributed by atoms with Crippen LogP contribution < -0.4 is 20.7 Å². The van der Waals surface area contributed by atoms with Crippen molar-refractivity contribution in [1.82, 2.24) is 5.32 Å². The Morgan fingerprint density at radius 3 is 2.05 bits per heavy atom. The molecule has 112 valence electrons. The monoisotopic (exact) mass is 285 g/mol. The van der Waals surface area contributed by atoms with Crippen molar-refractivity contribution in [3.8, 4) is 5.75 Å². The lowest BCUT2D eigenvalue weighted by atomic mass is 10.2. The number of anilines is 2. The molecule has 1 fully saturated rings. The van der Waals surface area contributed by atoms with Crippen molar-refractivity contribution in [2.24, 2.45) is 0 Å². The summed E-state index contributed by atoms with van der Waals surface area (Å²) in [5.41, 5.74) is 7.46. The molecule has 0 atom stereocenters. The first-order valence-electron chi connectivity index (χ1n) is 7.20. The maximum absolute atomic E-state index is 5.36. The quantitative estimate of drug-likeness (QED) is 0.832. The van der Waals surface area contributed by atoms with Gasteiger partial charge in [0, 0.05) is 37.6 Å². The Kier molecular flexibility index (Phi) is 5.91. The number of benzene rings is 2. The third-order valence-electron chi connectivity index (χ3n) is 3.35. The minimum Gasteiger partial charge on any atom is -0.497 e. The van der Waals surface area contributed by atoms with Crippen LogP contribution in [-0.2, 0) is 0 Å². The van der Waals surface area contributed by atoms with Crippen molar-refractivity contribution < 1.29 is 4.74 Å². The number of para-hydroxylation sites is 1. The fourth-order valence-corrected chi connectivity index (χ4v) is 2.17. The number of ether oxygens (including phenoxy) is 1. The Hall–Kier alpha value is -2.20. The van der Waals surface area contributed by atoms with Crippen molar-refractivity contribution in [2.75, 3.05) is 43.9 Å². The molecule has 0 aliphatic carbocycles. The highest BCUT2D eigenvalue weighted by Gasteiger charge is 2.09. The van der Waals surface area contributed by atoms with Crippen LogP contribution in [0.4, 0.5) is 11.4 Å². The normalized spacial score (nSPS) is 14.0. The topological polar surface area (TPSA) is 50.5 Å². The number of hydrogen-bond acceptors (Lipinski definition) is 4. The van der Waals surface area contributed by atoms with Crippen LogP contribution in [0.5, 0.6) is 5.75 Å². The van der Waals surface area contributed by atoms with E-state index in [1.165, 1.54) is 5.69 Å². The summed E-state index contributed by atoms with van der Waals surface area (Å²) in [6, 6.07) is 17.7. The summed E-state index contributed by atoms with van der Waals surface area (Å²) < 4.78 is 5.13. The number of nitrogens with two attached hydrogens (primary N) is 1. The van der Waals surface area contributed by atoms with Gasteiger partial charge in [-0.1, -0.05) is 18.2 Å². The molecule has 2 aromatic rings. The van der Waals surface area contributed by atoms with E-state index >= 15 is 0 Å². The fourth-order valence-electron chi connectivity index (χ4n) is 2.17. The van der Waals surface area contributed by atoms with Crippen LogP contribution >= 0.6 is 0 Å². The molecule has 0 amide bonds. The second kappa shape index (κ2) is 8.17. The SMILES string of the molecule is COc1ccc(N2CCNCC2)cc1.Nc1ccccc1. The van der Waals surface area contributed by atoms with Crippen LogP contribution in [0, 0.1) is 0 Å². The van der Waals surface area contributed by atoms with Gasteiger partial charge in [-0.05, 0) is 36.4 Å². The molecule has 4 heteroatoms. The Labute approximate surface area is 126 Å². The lowest BCUT2D eigenvalue weighted by molar-refractivity contribution is 0.415. The molecular formula is C17H23N3O. The molecule has 21 heavy (non-hydrogen) atoms. The smallest absolute Gasteiger partial charge is 0.119 e. The Morgan fingerprint density at radius 2 is 1.57 bits per heavy atom. The summed E-state index contributed by atoms with van der Waals surface area (Å²) >= 11 is 0. The van der Waals surface area contributed by atoms with Crippen molar-refractivity contribution in [1.29, 1.82) is 0 Å². The van der Waals surface area contributed by atoms with Crippen molar-refractivity contribution >= 4 is 11.4 Å². The number of methoxy groups -OCH3 is 1. The van der Waals surface area contributed by atoms with Gasteiger partial charge in [-0.3, -0.25) is 0 Å². The second-order valence-electron chi connectivity index (χ2n) is 4.85. The molecule has 1 saturated heterocycles. The molecule has 0 spiro atoms. The Balaban J connectivity index is 0.000000194. The summed E-state index contributed by atoms with van der Waals surface area (Å²) in [6.07, 6.45) is 0. The van der Waals surface area contributed by atoms with E-state index in [1.54, 1.807) is 7.11 Å². The van der Waals surface area contributed by atoms with Crippen LogP contribution in [-0.4, -0.2) is 33.3 Å². The van der Waals surface area contributed by atoms with Crippen LogP contribution in [0.2, 0.25) is 0 Å². The summed E-state index contributed by atoms with van der Waals surface area (Å²) in [4.78, 5) is 2.38. The van der Waals surface area contributed by atoms with E-state index in [4.69, 9.17) is 10.5 Å². The largest absolute Gasteiger partial charge is 0.497 e. The molecule has 1 heterocycles. The van der Waals surface area contributed by atoms with Crippen LogP contribution in [0.15, 0.2) is 54.6 Å². The van der Waals surface area contributed by atoms with Gasteiger partial charge in [0.2, 0.25) is 0 Å². The van der Waals surface area contributed by atoms with Gasteiger partial charge < -0.3 is 20.7 Å². The van der Waals surface area contributed by atoms with Gasteiger partial charge in [0.25, 0.3) is 0 Å². The maximum Gasteiger partial charge on any atom is 0.119 e. The predicted octanol–water partition coefficient (Wildman–Crippen LogP) is 2.37. The molecule has 3 rings (SSSR count). The number of piperazine rings is 1. The standard InChI is InChI=1S/C11H16N2O.C6H7N/c1-14-11-4-2-10(3-5-11)13-8-6-12-7-9-13;7-6-4-2-1-3-5-6/h2-5,12H,6-9H2,1H3;1-5H,7H2. The van der Waals surface area contributed by atoms with E-state index in [9.17, 15) is 0 Å². The first-order valence-corrected chi connectivity index (χ1v) is 7.20. The zero-order valence-electron chi connectivity index (χ0n) is 12.5. The minimum absolute atomic E-state index is 0.822. The lowest BCUT2D eigenvalue weighted by Crippen LogP contribution is -2.43. The fraction of sp³-hybridized carbons (Fsp3) is 0.294.